The van der Waals surface area contributed by atoms with Gasteiger partial charge < -0.3 is 15.7 Å². The topological polar surface area (TPSA) is 114 Å². The summed E-state index contributed by atoms with van der Waals surface area (Å²) in [6.45, 7) is -0.102. The Morgan fingerprint density at radius 2 is 2.12 bits per heavy atom. The third-order valence-corrected chi connectivity index (χ3v) is 2.02. The number of likely N-dealkylation sites (N-methyl/N-ethyl adjacent to an activating group) is 1. The second-order valence-electron chi connectivity index (χ2n) is 3.34. The van der Waals surface area contributed by atoms with Gasteiger partial charge in [0.25, 0.3) is 0 Å². The van der Waals surface area contributed by atoms with Gasteiger partial charge in [-0.1, -0.05) is 5.21 Å². The van der Waals surface area contributed by atoms with Crippen LogP contribution in [0.15, 0.2) is 0 Å². The van der Waals surface area contributed by atoms with E-state index in [0.29, 0.717) is 0 Å². The number of aromatic carboxylic acids is 1. The number of aromatic nitrogens is 3. The van der Waals surface area contributed by atoms with Gasteiger partial charge in [-0.25, -0.2) is 9.48 Å². The number of rotatable bonds is 4. The molecule has 0 atom stereocenters. The highest BCUT2D eigenvalue weighted by molar-refractivity contribution is 5.86. The number of carboxylic acid groups (broad SMARTS) is 1. The van der Waals surface area contributed by atoms with Crippen LogP contribution in [0.1, 0.15) is 16.2 Å². The van der Waals surface area contributed by atoms with Crippen molar-refractivity contribution in [2.24, 2.45) is 5.73 Å². The Kier molecular flexibility index (Phi) is 3.56. The van der Waals surface area contributed by atoms with Crippen LogP contribution < -0.4 is 5.73 Å². The predicted molar refractivity (Wildman–Crippen MR) is 53.6 cm³/mol. The number of carbonyl (C=O) groups excluding carboxylic acids is 1. The van der Waals surface area contributed by atoms with Crippen LogP contribution in [-0.2, 0) is 17.9 Å². The zero-order valence-electron chi connectivity index (χ0n) is 9.04. The van der Waals surface area contributed by atoms with Gasteiger partial charge in [0, 0.05) is 20.6 Å². The minimum Gasteiger partial charge on any atom is -0.476 e. The number of nitrogens with two attached hydrogens (primary N) is 1. The average molecular weight is 227 g/mol. The monoisotopic (exact) mass is 227 g/mol. The molecule has 8 nitrogen and oxygen atoms in total. The van der Waals surface area contributed by atoms with Crippen LogP contribution in [0.3, 0.4) is 0 Å². The summed E-state index contributed by atoms with van der Waals surface area (Å²) in [4.78, 5) is 23.5. The Morgan fingerprint density at radius 1 is 1.50 bits per heavy atom. The standard InChI is InChI=1S/C8H13N5O3/c1-12(2)6(14)4-13-5(3-9)7(8(15)16)10-11-13/h3-4,9H2,1-2H3,(H,15,16). The van der Waals surface area contributed by atoms with Crippen molar-refractivity contribution in [3.63, 3.8) is 0 Å². The molecule has 0 saturated heterocycles. The summed E-state index contributed by atoms with van der Waals surface area (Å²) in [5.74, 6) is -1.42. The Morgan fingerprint density at radius 3 is 2.56 bits per heavy atom. The van der Waals surface area contributed by atoms with Crippen molar-refractivity contribution < 1.29 is 14.7 Å². The summed E-state index contributed by atoms with van der Waals surface area (Å²) in [5, 5.41) is 15.8. The summed E-state index contributed by atoms with van der Waals surface area (Å²) in [7, 11) is 3.19. The van der Waals surface area contributed by atoms with Gasteiger partial charge in [-0.05, 0) is 0 Å². The van der Waals surface area contributed by atoms with E-state index in [0.717, 1.165) is 0 Å². The smallest absolute Gasteiger partial charge is 0.358 e. The zero-order chi connectivity index (χ0) is 12.3. The minimum atomic E-state index is -1.20. The molecule has 1 aromatic rings. The van der Waals surface area contributed by atoms with Crippen molar-refractivity contribution in [1.29, 1.82) is 0 Å². The molecule has 0 aliphatic heterocycles. The first kappa shape index (κ1) is 12.1. The largest absolute Gasteiger partial charge is 0.476 e. The molecule has 1 rings (SSSR count). The Balaban J connectivity index is 2.97. The summed E-state index contributed by atoms with van der Waals surface area (Å²) in [6.07, 6.45) is 0. The SMILES string of the molecule is CN(C)C(=O)Cn1nnc(C(=O)O)c1CN. The Bertz CT molecular complexity index is 412. The molecule has 88 valence electrons. The molecule has 0 spiro atoms. The van der Waals surface area contributed by atoms with E-state index in [2.05, 4.69) is 10.3 Å². The minimum absolute atomic E-state index is 0.0324. The molecule has 3 N–H and O–H groups in total. The lowest BCUT2D eigenvalue weighted by Gasteiger charge is -2.10. The molecule has 0 unspecified atom stereocenters. The van der Waals surface area contributed by atoms with Crippen molar-refractivity contribution >= 4 is 11.9 Å². The molecule has 1 heterocycles. The summed E-state index contributed by atoms with van der Waals surface area (Å²) in [5.41, 5.74) is 5.42. The van der Waals surface area contributed by atoms with Crippen LogP contribution in [-0.4, -0.2) is 51.0 Å². The Hall–Kier alpha value is -1.96. The maximum atomic E-state index is 11.4. The van der Waals surface area contributed by atoms with Crippen molar-refractivity contribution in [3.05, 3.63) is 11.4 Å². The summed E-state index contributed by atoms with van der Waals surface area (Å²) >= 11 is 0. The number of carboxylic acids is 1. The fraction of sp³-hybridized carbons (Fsp3) is 0.500. The van der Waals surface area contributed by atoms with Crippen molar-refractivity contribution in [2.75, 3.05) is 14.1 Å². The first-order valence-electron chi connectivity index (χ1n) is 4.53. The number of amides is 1. The number of hydrogen-bond acceptors (Lipinski definition) is 5. The van der Waals surface area contributed by atoms with E-state index in [1.165, 1.54) is 9.58 Å². The Labute approximate surface area is 91.6 Å². The lowest BCUT2D eigenvalue weighted by Crippen LogP contribution is -2.28. The second-order valence-corrected chi connectivity index (χ2v) is 3.34. The molecular formula is C8H13N5O3. The highest BCUT2D eigenvalue weighted by Gasteiger charge is 2.19. The molecule has 0 fully saturated rings. The average Bonchev–Trinajstić information content (AvgIpc) is 2.60. The lowest BCUT2D eigenvalue weighted by molar-refractivity contribution is -0.129. The van der Waals surface area contributed by atoms with Gasteiger partial charge in [0.15, 0.2) is 5.69 Å². The highest BCUT2D eigenvalue weighted by atomic mass is 16.4. The molecule has 0 aliphatic carbocycles. The molecule has 0 saturated carbocycles. The third-order valence-electron chi connectivity index (χ3n) is 2.02. The van der Waals surface area contributed by atoms with E-state index in [1.54, 1.807) is 14.1 Å². The maximum Gasteiger partial charge on any atom is 0.358 e. The van der Waals surface area contributed by atoms with Gasteiger partial charge in [-0.3, -0.25) is 4.79 Å². The lowest BCUT2D eigenvalue weighted by atomic mass is 10.3. The molecule has 8 heteroatoms. The zero-order valence-corrected chi connectivity index (χ0v) is 9.04. The van der Waals surface area contributed by atoms with Crippen LogP contribution in [0.5, 0.6) is 0 Å². The van der Waals surface area contributed by atoms with Gasteiger partial charge in [0.1, 0.15) is 6.54 Å². The molecule has 16 heavy (non-hydrogen) atoms. The fourth-order valence-electron chi connectivity index (χ4n) is 1.10. The number of hydrogen-bond donors (Lipinski definition) is 2. The predicted octanol–water partition coefficient (Wildman–Crippen LogP) is -1.48. The first-order chi connectivity index (χ1) is 7.47. The first-order valence-corrected chi connectivity index (χ1v) is 4.53. The number of carbonyl (C=O) groups is 2. The molecule has 0 bridgehead atoms. The summed E-state index contributed by atoms with van der Waals surface area (Å²) < 4.78 is 1.20. The van der Waals surface area contributed by atoms with Crippen LogP contribution in [0.2, 0.25) is 0 Å². The van der Waals surface area contributed by atoms with E-state index < -0.39 is 5.97 Å². The molecule has 0 radical (unpaired) electrons. The van der Waals surface area contributed by atoms with E-state index in [1.807, 2.05) is 0 Å². The van der Waals surface area contributed by atoms with Crippen LogP contribution in [0, 0.1) is 0 Å². The third kappa shape index (κ3) is 2.34. The van der Waals surface area contributed by atoms with Crippen molar-refractivity contribution in [3.8, 4) is 0 Å². The van der Waals surface area contributed by atoms with Gasteiger partial charge in [0.2, 0.25) is 5.91 Å². The van der Waals surface area contributed by atoms with Crippen LogP contribution in [0.4, 0.5) is 0 Å². The van der Waals surface area contributed by atoms with Gasteiger partial charge >= 0.3 is 5.97 Å². The van der Waals surface area contributed by atoms with Crippen molar-refractivity contribution in [2.45, 2.75) is 13.1 Å². The second kappa shape index (κ2) is 4.71. The van der Waals surface area contributed by atoms with E-state index in [4.69, 9.17) is 10.8 Å². The fourth-order valence-corrected chi connectivity index (χ4v) is 1.10. The van der Waals surface area contributed by atoms with Crippen LogP contribution in [0.25, 0.3) is 0 Å². The van der Waals surface area contributed by atoms with Gasteiger partial charge in [-0.2, -0.15) is 0 Å². The molecular weight excluding hydrogens is 214 g/mol. The molecule has 0 aliphatic rings. The highest BCUT2D eigenvalue weighted by Crippen LogP contribution is 2.04. The normalized spacial score (nSPS) is 10.2. The van der Waals surface area contributed by atoms with Gasteiger partial charge in [0.05, 0.1) is 5.69 Å². The molecule has 1 amide bonds. The molecule has 0 aromatic carbocycles. The van der Waals surface area contributed by atoms with E-state index in [9.17, 15) is 9.59 Å². The molecule has 1 aromatic heterocycles. The van der Waals surface area contributed by atoms with E-state index >= 15 is 0 Å². The van der Waals surface area contributed by atoms with Crippen molar-refractivity contribution in [1.82, 2.24) is 19.9 Å². The van der Waals surface area contributed by atoms with E-state index in [-0.39, 0.29) is 30.4 Å². The van der Waals surface area contributed by atoms with Crippen LogP contribution >= 0.6 is 0 Å². The summed E-state index contributed by atoms with van der Waals surface area (Å²) in [6, 6.07) is 0. The van der Waals surface area contributed by atoms with Gasteiger partial charge in [-0.15, -0.1) is 5.10 Å². The maximum absolute atomic E-state index is 11.4. The number of nitrogens with zero attached hydrogens (tertiary/aromatic N) is 4. The quantitative estimate of drug-likeness (QED) is 0.648.